The molecule has 19 heavy (non-hydrogen) atoms. The molecule has 0 aromatic heterocycles. The molecule has 0 amide bonds. The highest BCUT2D eigenvalue weighted by molar-refractivity contribution is 7.91. The van der Waals surface area contributed by atoms with Gasteiger partial charge in [-0.2, -0.15) is 5.26 Å². The zero-order chi connectivity index (χ0) is 13.7. The van der Waals surface area contributed by atoms with Crippen molar-refractivity contribution in [2.75, 3.05) is 19.0 Å². The van der Waals surface area contributed by atoms with Crippen LogP contribution >= 0.6 is 0 Å². The SMILES string of the molecule is N#Cc1cccc(S(=O)(=O)CCOCCC2CC2)c1. The van der Waals surface area contributed by atoms with E-state index in [2.05, 4.69) is 0 Å². The average Bonchev–Trinajstić information content (AvgIpc) is 3.22. The van der Waals surface area contributed by atoms with E-state index in [-0.39, 0.29) is 17.3 Å². The van der Waals surface area contributed by atoms with Gasteiger partial charge in [0.25, 0.3) is 0 Å². The summed E-state index contributed by atoms with van der Waals surface area (Å²) < 4.78 is 29.4. The van der Waals surface area contributed by atoms with Gasteiger partial charge < -0.3 is 4.74 Å². The molecule has 1 aliphatic carbocycles. The van der Waals surface area contributed by atoms with Crippen molar-refractivity contribution >= 4 is 9.84 Å². The molecule has 0 aliphatic heterocycles. The lowest BCUT2D eigenvalue weighted by molar-refractivity contribution is 0.142. The fourth-order valence-corrected chi connectivity index (χ4v) is 2.97. The molecule has 5 heteroatoms. The summed E-state index contributed by atoms with van der Waals surface area (Å²) in [5, 5.41) is 8.76. The zero-order valence-corrected chi connectivity index (χ0v) is 11.5. The number of ether oxygens (including phenoxy) is 1. The highest BCUT2D eigenvalue weighted by Crippen LogP contribution is 2.32. The smallest absolute Gasteiger partial charge is 0.180 e. The third kappa shape index (κ3) is 4.34. The Labute approximate surface area is 113 Å². The first-order chi connectivity index (χ1) is 9.12. The summed E-state index contributed by atoms with van der Waals surface area (Å²) >= 11 is 0. The second-order valence-corrected chi connectivity index (χ2v) is 6.91. The molecule has 2 rings (SSSR count). The van der Waals surface area contributed by atoms with Crippen molar-refractivity contribution in [2.45, 2.75) is 24.2 Å². The molecule has 1 aromatic rings. The molecule has 0 heterocycles. The van der Waals surface area contributed by atoms with Gasteiger partial charge >= 0.3 is 0 Å². The van der Waals surface area contributed by atoms with Crippen LogP contribution < -0.4 is 0 Å². The monoisotopic (exact) mass is 279 g/mol. The van der Waals surface area contributed by atoms with Crippen LogP contribution in [0.5, 0.6) is 0 Å². The third-order valence-corrected chi connectivity index (χ3v) is 4.86. The van der Waals surface area contributed by atoms with E-state index >= 15 is 0 Å². The van der Waals surface area contributed by atoms with Gasteiger partial charge in [0.15, 0.2) is 9.84 Å². The van der Waals surface area contributed by atoms with Crippen molar-refractivity contribution < 1.29 is 13.2 Å². The Balaban J connectivity index is 1.84. The standard InChI is InChI=1S/C14H17NO3S/c15-11-13-2-1-3-14(10-13)19(16,17)9-8-18-7-6-12-4-5-12/h1-3,10,12H,4-9H2. The third-order valence-electron chi connectivity index (χ3n) is 3.19. The van der Waals surface area contributed by atoms with Crippen molar-refractivity contribution in [1.82, 2.24) is 0 Å². The second kappa shape index (κ2) is 6.18. The lowest BCUT2D eigenvalue weighted by atomic mass is 10.2. The van der Waals surface area contributed by atoms with Gasteiger partial charge in [-0.3, -0.25) is 0 Å². The van der Waals surface area contributed by atoms with Crippen molar-refractivity contribution in [3.05, 3.63) is 29.8 Å². The van der Waals surface area contributed by atoms with E-state index in [1.165, 1.54) is 25.0 Å². The van der Waals surface area contributed by atoms with Gasteiger partial charge in [0.2, 0.25) is 0 Å². The predicted molar refractivity (Wildman–Crippen MR) is 71.4 cm³/mol. The van der Waals surface area contributed by atoms with Crippen LogP contribution in [-0.4, -0.2) is 27.4 Å². The first-order valence-electron chi connectivity index (χ1n) is 6.42. The topological polar surface area (TPSA) is 67.2 Å². The molecule has 1 aliphatic rings. The van der Waals surface area contributed by atoms with E-state index in [1.807, 2.05) is 6.07 Å². The molecule has 1 fully saturated rings. The number of benzene rings is 1. The number of rotatable bonds is 7. The zero-order valence-electron chi connectivity index (χ0n) is 10.7. The van der Waals surface area contributed by atoms with Crippen LogP contribution in [0.15, 0.2) is 29.2 Å². The molecule has 0 radical (unpaired) electrons. The van der Waals surface area contributed by atoms with E-state index < -0.39 is 9.84 Å². The van der Waals surface area contributed by atoms with Crippen LogP contribution in [0.4, 0.5) is 0 Å². The molecule has 4 nitrogen and oxygen atoms in total. The lowest BCUT2D eigenvalue weighted by Crippen LogP contribution is -2.13. The molecule has 0 bridgehead atoms. The number of nitrogens with zero attached hydrogens (tertiary/aromatic N) is 1. The highest BCUT2D eigenvalue weighted by Gasteiger charge is 2.20. The minimum atomic E-state index is -3.35. The van der Waals surface area contributed by atoms with Gasteiger partial charge in [-0.05, 0) is 30.5 Å². The molecule has 0 unspecified atom stereocenters. The molecule has 1 aromatic carbocycles. The van der Waals surface area contributed by atoms with Crippen LogP contribution in [0.3, 0.4) is 0 Å². The van der Waals surface area contributed by atoms with Gasteiger partial charge in [-0.25, -0.2) is 8.42 Å². The minimum Gasteiger partial charge on any atom is -0.380 e. The summed E-state index contributed by atoms with van der Waals surface area (Å²) in [6, 6.07) is 8.03. The van der Waals surface area contributed by atoms with E-state index in [1.54, 1.807) is 12.1 Å². The van der Waals surface area contributed by atoms with Crippen molar-refractivity contribution in [3.63, 3.8) is 0 Å². The van der Waals surface area contributed by atoms with Gasteiger partial charge in [0, 0.05) is 6.61 Å². The number of sulfone groups is 1. The Morgan fingerprint density at radius 1 is 1.32 bits per heavy atom. The Morgan fingerprint density at radius 2 is 2.11 bits per heavy atom. The van der Waals surface area contributed by atoms with Gasteiger partial charge in [-0.1, -0.05) is 18.9 Å². The summed E-state index contributed by atoms with van der Waals surface area (Å²) in [5.41, 5.74) is 0.357. The Morgan fingerprint density at radius 3 is 2.79 bits per heavy atom. The van der Waals surface area contributed by atoms with E-state index in [9.17, 15) is 8.42 Å². The molecule has 102 valence electrons. The Kier molecular flexibility index (Phi) is 4.56. The molecule has 0 saturated heterocycles. The first-order valence-corrected chi connectivity index (χ1v) is 8.08. The molecule has 0 atom stereocenters. The fraction of sp³-hybridized carbons (Fsp3) is 0.500. The summed E-state index contributed by atoms with van der Waals surface area (Å²) in [6.45, 7) is 0.851. The molecular formula is C14H17NO3S. The maximum absolute atomic E-state index is 12.0. The quantitative estimate of drug-likeness (QED) is 0.717. The summed E-state index contributed by atoms with van der Waals surface area (Å²) in [4.78, 5) is 0.192. The molecule has 0 spiro atoms. The number of nitriles is 1. The summed E-state index contributed by atoms with van der Waals surface area (Å²) in [5.74, 6) is 0.760. The largest absolute Gasteiger partial charge is 0.380 e. The Bertz CT molecular complexity index is 571. The van der Waals surface area contributed by atoms with Crippen LogP contribution in [0, 0.1) is 17.2 Å². The van der Waals surface area contributed by atoms with E-state index in [0.717, 1.165) is 12.3 Å². The maximum Gasteiger partial charge on any atom is 0.180 e. The number of hydrogen-bond donors (Lipinski definition) is 0. The van der Waals surface area contributed by atoms with Gasteiger partial charge in [0.05, 0.1) is 28.9 Å². The average molecular weight is 279 g/mol. The first kappa shape index (κ1) is 14.0. The lowest BCUT2D eigenvalue weighted by Gasteiger charge is -2.06. The normalized spacial score (nSPS) is 15.1. The van der Waals surface area contributed by atoms with Gasteiger partial charge in [0.1, 0.15) is 0 Å². The summed E-state index contributed by atoms with van der Waals surface area (Å²) in [6.07, 6.45) is 3.59. The van der Waals surface area contributed by atoms with E-state index in [0.29, 0.717) is 12.2 Å². The predicted octanol–water partition coefficient (Wildman–Crippen LogP) is 2.15. The van der Waals surface area contributed by atoms with Crippen LogP contribution in [0.2, 0.25) is 0 Å². The number of hydrogen-bond acceptors (Lipinski definition) is 4. The van der Waals surface area contributed by atoms with Crippen LogP contribution in [0.1, 0.15) is 24.8 Å². The maximum atomic E-state index is 12.0. The van der Waals surface area contributed by atoms with Crippen molar-refractivity contribution in [3.8, 4) is 6.07 Å². The van der Waals surface area contributed by atoms with Crippen LogP contribution in [0.25, 0.3) is 0 Å². The van der Waals surface area contributed by atoms with Crippen LogP contribution in [-0.2, 0) is 14.6 Å². The Hall–Kier alpha value is -1.38. The molecular weight excluding hydrogens is 262 g/mol. The summed E-state index contributed by atoms with van der Waals surface area (Å²) in [7, 11) is -3.35. The molecule has 1 saturated carbocycles. The molecule has 0 N–H and O–H groups in total. The van der Waals surface area contributed by atoms with E-state index in [4.69, 9.17) is 10.00 Å². The van der Waals surface area contributed by atoms with Crippen molar-refractivity contribution in [1.29, 1.82) is 5.26 Å². The fourth-order valence-electron chi connectivity index (χ4n) is 1.80. The second-order valence-electron chi connectivity index (χ2n) is 4.80. The highest BCUT2D eigenvalue weighted by atomic mass is 32.2. The minimum absolute atomic E-state index is 0.0352. The van der Waals surface area contributed by atoms with Crippen molar-refractivity contribution in [2.24, 2.45) is 5.92 Å². The van der Waals surface area contributed by atoms with Gasteiger partial charge in [-0.15, -0.1) is 0 Å².